The van der Waals surface area contributed by atoms with Gasteiger partial charge in [0.15, 0.2) is 5.96 Å². The van der Waals surface area contributed by atoms with E-state index in [1.165, 1.54) is 26.2 Å². The van der Waals surface area contributed by atoms with Crippen LogP contribution in [0.15, 0.2) is 4.99 Å². The maximum absolute atomic E-state index is 6.00. The molecule has 0 aromatic rings. The van der Waals surface area contributed by atoms with Crippen molar-refractivity contribution in [1.29, 1.82) is 0 Å². The minimum absolute atomic E-state index is 0.576. The molecule has 98 valence electrons. The molecule has 0 radical (unpaired) electrons. The van der Waals surface area contributed by atoms with Gasteiger partial charge < -0.3 is 10.6 Å². The standard InChI is InChI=1S/C12H25N5/c1-3-16(4-2)12(13)14-9-11-10-15-5-7-17(11)8-6-15/h11H,3-10H2,1-2H3,(H2,13,14). The van der Waals surface area contributed by atoms with Crippen LogP contribution in [0.25, 0.3) is 0 Å². The molecule has 1 unspecified atom stereocenters. The molecule has 3 saturated heterocycles. The Hall–Kier alpha value is -0.810. The lowest BCUT2D eigenvalue weighted by Gasteiger charge is -2.47. The zero-order valence-corrected chi connectivity index (χ0v) is 11.1. The van der Waals surface area contributed by atoms with Crippen molar-refractivity contribution < 1.29 is 0 Å². The molecule has 0 aromatic heterocycles. The van der Waals surface area contributed by atoms with E-state index in [9.17, 15) is 0 Å². The van der Waals surface area contributed by atoms with Crippen molar-refractivity contribution in [2.45, 2.75) is 19.9 Å². The van der Waals surface area contributed by atoms with E-state index >= 15 is 0 Å². The molecule has 17 heavy (non-hydrogen) atoms. The summed E-state index contributed by atoms with van der Waals surface area (Å²) in [6, 6.07) is 0.576. The number of piperazine rings is 3. The van der Waals surface area contributed by atoms with Gasteiger partial charge in [0.2, 0.25) is 0 Å². The van der Waals surface area contributed by atoms with Crippen LogP contribution in [0, 0.1) is 0 Å². The lowest BCUT2D eigenvalue weighted by molar-refractivity contribution is 0.0173. The first-order valence-electron chi connectivity index (χ1n) is 6.75. The summed E-state index contributed by atoms with van der Waals surface area (Å²) in [6.45, 7) is 13.0. The SMILES string of the molecule is CCN(CC)C(N)=NCC1CN2CCN1CC2. The zero-order valence-electron chi connectivity index (χ0n) is 11.1. The minimum atomic E-state index is 0.576. The Morgan fingerprint density at radius 3 is 2.35 bits per heavy atom. The summed E-state index contributed by atoms with van der Waals surface area (Å²) in [5, 5.41) is 0. The molecule has 2 N–H and O–H groups in total. The highest BCUT2D eigenvalue weighted by atomic mass is 15.4. The molecule has 5 heteroatoms. The molecule has 2 bridgehead atoms. The quantitative estimate of drug-likeness (QED) is 0.538. The Labute approximate surface area is 104 Å². The third-order valence-electron chi connectivity index (χ3n) is 3.94. The Balaban J connectivity index is 1.87. The van der Waals surface area contributed by atoms with Crippen LogP contribution in [0.4, 0.5) is 0 Å². The molecule has 0 aliphatic carbocycles. The fourth-order valence-corrected chi connectivity index (χ4v) is 2.74. The van der Waals surface area contributed by atoms with Crippen LogP contribution in [0.3, 0.4) is 0 Å². The van der Waals surface area contributed by atoms with E-state index in [1.807, 2.05) is 0 Å². The molecule has 1 atom stereocenters. The summed E-state index contributed by atoms with van der Waals surface area (Å²) in [5.74, 6) is 0.702. The molecule has 0 saturated carbocycles. The summed E-state index contributed by atoms with van der Waals surface area (Å²) < 4.78 is 0. The second-order valence-corrected chi connectivity index (χ2v) is 4.86. The first-order valence-corrected chi connectivity index (χ1v) is 6.75. The average molecular weight is 239 g/mol. The maximum Gasteiger partial charge on any atom is 0.191 e. The van der Waals surface area contributed by atoms with Crippen LogP contribution in [0.2, 0.25) is 0 Å². The molecule has 3 rings (SSSR count). The third kappa shape index (κ3) is 2.90. The van der Waals surface area contributed by atoms with Crippen LogP contribution < -0.4 is 5.73 Å². The normalized spacial score (nSPS) is 32.8. The van der Waals surface area contributed by atoms with E-state index in [0.717, 1.165) is 26.2 Å². The van der Waals surface area contributed by atoms with E-state index in [-0.39, 0.29) is 0 Å². The Morgan fingerprint density at radius 1 is 1.24 bits per heavy atom. The second kappa shape index (κ2) is 5.69. The van der Waals surface area contributed by atoms with Gasteiger partial charge in [-0.25, -0.2) is 0 Å². The Morgan fingerprint density at radius 2 is 1.88 bits per heavy atom. The molecule has 3 heterocycles. The number of nitrogens with zero attached hydrogens (tertiary/aromatic N) is 4. The Kier molecular flexibility index (Phi) is 4.23. The molecule has 3 aliphatic heterocycles. The predicted molar refractivity (Wildman–Crippen MR) is 71.2 cm³/mol. The summed E-state index contributed by atoms with van der Waals surface area (Å²) in [5.41, 5.74) is 6.00. The first-order chi connectivity index (χ1) is 8.24. The third-order valence-corrected chi connectivity index (χ3v) is 3.94. The Bertz CT molecular complexity index is 266. The van der Waals surface area contributed by atoms with Gasteiger partial charge in [-0.3, -0.25) is 14.8 Å². The van der Waals surface area contributed by atoms with Gasteiger partial charge in [0.1, 0.15) is 0 Å². The van der Waals surface area contributed by atoms with Gasteiger partial charge >= 0.3 is 0 Å². The van der Waals surface area contributed by atoms with Gasteiger partial charge in [0.05, 0.1) is 6.54 Å². The van der Waals surface area contributed by atoms with E-state index < -0.39 is 0 Å². The van der Waals surface area contributed by atoms with Crippen LogP contribution >= 0.6 is 0 Å². The largest absolute Gasteiger partial charge is 0.370 e. The second-order valence-electron chi connectivity index (χ2n) is 4.86. The van der Waals surface area contributed by atoms with Gasteiger partial charge in [-0.15, -0.1) is 0 Å². The number of hydrogen-bond acceptors (Lipinski definition) is 3. The number of guanidine groups is 1. The summed E-state index contributed by atoms with van der Waals surface area (Å²) in [7, 11) is 0. The predicted octanol–water partition coefficient (Wildman–Crippen LogP) is -0.357. The zero-order chi connectivity index (χ0) is 12.3. The molecule has 3 aliphatic rings. The topological polar surface area (TPSA) is 48.1 Å². The molecular formula is C12H25N5. The number of hydrogen-bond donors (Lipinski definition) is 1. The fourth-order valence-electron chi connectivity index (χ4n) is 2.74. The molecule has 0 spiro atoms. The van der Waals surface area contributed by atoms with E-state index in [2.05, 4.69) is 33.5 Å². The van der Waals surface area contributed by atoms with E-state index in [1.54, 1.807) is 0 Å². The maximum atomic E-state index is 6.00. The van der Waals surface area contributed by atoms with Crippen molar-refractivity contribution in [3.63, 3.8) is 0 Å². The van der Waals surface area contributed by atoms with Crippen LogP contribution in [0.1, 0.15) is 13.8 Å². The van der Waals surface area contributed by atoms with Crippen molar-refractivity contribution >= 4 is 5.96 Å². The highest BCUT2D eigenvalue weighted by molar-refractivity contribution is 5.78. The molecule has 0 aromatic carbocycles. The highest BCUT2D eigenvalue weighted by Gasteiger charge is 2.31. The first kappa shape index (κ1) is 12.6. The van der Waals surface area contributed by atoms with Crippen molar-refractivity contribution in [2.75, 3.05) is 52.4 Å². The van der Waals surface area contributed by atoms with Crippen LogP contribution in [0.5, 0.6) is 0 Å². The summed E-state index contributed by atoms with van der Waals surface area (Å²) >= 11 is 0. The molecule has 3 fully saturated rings. The van der Waals surface area contributed by atoms with Gasteiger partial charge in [-0.2, -0.15) is 0 Å². The number of nitrogens with two attached hydrogens (primary N) is 1. The van der Waals surface area contributed by atoms with Gasteiger partial charge in [0, 0.05) is 51.9 Å². The molecule has 5 nitrogen and oxygen atoms in total. The number of fused-ring (bicyclic) bond motifs is 3. The van der Waals surface area contributed by atoms with Gasteiger partial charge in [0.25, 0.3) is 0 Å². The average Bonchev–Trinajstić information content (AvgIpc) is 2.39. The minimum Gasteiger partial charge on any atom is -0.370 e. The summed E-state index contributed by atoms with van der Waals surface area (Å²) in [6.07, 6.45) is 0. The lowest BCUT2D eigenvalue weighted by Crippen LogP contribution is -2.61. The van der Waals surface area contributed by atoms with Crippen molar-refractivity contribution in [3.8, 4) is 0 Å². The lowest BCUT2D eigenvalue weighted by atomic mass is 10.1. The van der Waals surface area contributed by atoms with Crippen LogP contribution in [-0.2, 0) is 0 Å². The molecular weight excluding hydrogens is 214 g/mol. The van der Waals surface area contributed by atoms with Crippen LogP contribution in [-0.4, -0.2) is 79.1 Å². The van der Waals surface area contributed by atoms with E-state index in [0.29, 0.717) is 12.0 Å². The summed E-state index contributed by atoms with van der Waals surface area (Å²) in [4.78, 5) is 11.8. The highest BCUT2D eigenvalue weighted by Crippen LogP contribution is 2.15. The fraction of sp³-hybridized carbons (Fsp3) is 0.917. The van der Waals surface area contributed by atoms with Crippen molar-refractivity contribution in [2.24, 2.45) is 10.7 Å². The monoisotopic (exact) mass is 239 g/mol. The molecule has 0 amide bonds. The number of rotatable bonds is 4. The van der Waals surface area contributed by atoms with Gasteiger partial charge in [-0.1, -0.05) is 0 Å². The van der Waals surface area contributed by atoms with E-state index in [4.69, 9.17) is 5.73 Å². The number of aliphatic imine (C=N–C) groups is 1. The smallest absolute Gasteiger partial charge is 0.191 e. The van der Waals surface area contributed by atoms with Crippen molar-refractivity contribution in [1.82, 2.24) is 14.7 Å². The van der Waals surface area contributed by atoms with Gasteiger partial charge in [-0.05, 0) is 13.8 Å². The van der Waals surface area contributed by atoms with Crippen molar-refractivity contribution in [3.05, 3.63) is 0 Å².